The van der Waals surface area contributed by atoms with Gasteiger partial charge < -0.3 is 4.74 Å². The third kappa shape index (κ3) is 2.73. The lowest BCUT2D eigenvalue weighted by molar-refractivity contribution is 0.0600. The first kappa shape index (κ1) is 16.4. The van der Waals surface area contributed by atoms with E-state index in [4.69, 9.17) is 0 Å². The zero-order valence-corrected chi connectivity index (χ0v) is 13.4. The third-order valence-corrected chi connectivity index (χ3v) is 5.57. The van der Waals surface area contributed by atoms with Crippen LogP contribution in [-0.2, 0) is 21.2 Å². The fraction of sp³-hybridized carbons (Fsp3) is 0.188. The standard InChI is InChI=1S/C16H13F2NO4S/c1-23-16(20)11-2-3-15-10(6-11)4-5-19(15)24(21,22)14-8-12(17)7-13(18)9-14/h2-3,6-9H,4-5H2,1H3. The van der Waals surface area contributed by atoms with E-state index >= 15 is 0 Å². The zero-order valence-electron chi connectivity index (χ0n) is 12.6. The molecule has 24 heavy (non-hydrogen) atoms. The normalized spacial score (nSPS) is 13.7. The second kappa shape index (κ2) is 5.86. The number of halogens is 2. The van der Waals surface area contributed by atoms with Crippen LogP contribution in [0.4, 0.5) is 14.5 Å². The summed E-state index contributed by atoms with van der Waals surface area (Å²) in [6, 6.07) is 6.66. The molecule has 0 spiro atoms. The number of methoxy groups -OCH3 is 1. The van der Waals surface area contributed by atoms with Crippen LogP contribution in [0, 0.1) is 11.6 Å². The summed E-state index contributed by atoms with van der Waals surface area (Å²) in [6.07, 6.45) is 0.386. The molecule has 0 saturated heterocycles. The van der Waals surface area contributed by atoms with E-state index in [0.717, 1.165) is 16.4 Å². The Morgan fingerprint density at radius 3 is 2.42 bits per heavy atom. The van der Waals surface area contributed by atoms with Gasteiger partial charge in [-0.2, -0.15) is 0 Å². The van der Waals surface area contributed by atoms with Crippen LogP contribution >= 0.6 is 0 Å². The van der Waals surface area contributed by atoms with Gasteiger partial charge in [0.25, 0.3) is 10.0 Å². The Kier molecular flexibility index (Phi) is 4.00. The lowest BCUT2D eigenvalue weighted by Gasteiger charge is -2.19. The van der Waals surface area contributed by atoms with Crippen LogP contribution in [0.25, 0.3) is 0 Å². The molecule has 0 fully saturated rings. The first-order chi connectivity index (χ1) is 11.3. The highest BCUT2D eigenvalue weighted by molar-refractivity contribution is 7.92. The van der Waals surface area contributed by atoms with Gasteiger partial charge in [-0.05, 0) is 42.3 Å². The van der Waals surface area contributed by atoms with Crippen molar-refractivity contribution in [2.45, 2.75) is 11.3 Å². The van der Waals surface area contributed by atoms with Crippen molar-refractivity contribution in [1.82, 2.24) is 0 Å². The van der Waals surface area contributed by atoms with Crippen LogP contribution in [-0.4, -0.2) is 28.0 Å². The van der Waals surface area contributed by atoms with Crippen molar-refractivity contribution in [3.8, 4) is 0 Å². The highest BCUT2D eigenvalue weighted by atomic mass is 32.2. The number of nitrogens with zero attached hydrogens (tertiary/aromatic N) is 1. The van der Waals surface area contributed by atoms with Gasteiger partial charge in [0.15, 0.2) is 0 Å². The molecule has 0 unspecified atom stereocenters. The third-order valence-electron chi connectivity index (χ3n) is 3.78. The summed E-state index contributed by atoms with van der Waals surface area (Å²) in [5.74, 6) is -2.45. The first-order valence-corrected chi connectivity index (χ1v) is 8.47. The van der Waals surface area contributed by atoms with Crippen molar-refractivity contribution in [2.75, 3.05) is 18.0 Å². The Morgan fingerprint density at radius 2 is 1.79 bits per heavy atom. The Balaban J connectivity index is 2.02. The van der Waals surface area contributed by atoms with E-state index in [1.54, 1.807) is 6.07 Å². The highest BCUT2D eigenvalue weighted by Crippen LogP contribution is 2.34. The Bertz CT molecular complexity index is 907. The zero-order chi connectivity index (χ0) is 17.5. The number of anilines is 1. The Morgan fingerprint density at radius 1 is 1.12 bits per heavy atom. The van der Waals surface area contributed by atoms with Crippen LogP contribution in [0.15, 0.2) is 41.3 Å². The van der Waals surface area contributed by atoms with Gasteiger partial charge in [-0.3, -0.25) is 4.31 Å². The van der Waals surface area contributed by atoms with Crippen molar-refractivity contribution >= 4 is 21.7 Å². The summed E-state index contributed by atoms with van der Waals surface area (Å²) in [5.41, 5.74) is 1.35. The molecule has 0 amide bonds. The molecular formula is C16H13F2NO4S. The van der Waals surface area contributed by atoms with E-state index in [2.05, 4.69) is 4.74 Å². The SMILES string of the molecule is COC(=O)c1ccc2c(c1)CCN2S(=O)(=O)c1cc(F)cc(F)c1. The number of fused-ring (bicyclic) bond motifs is 1. The molecule has 126 valence electrons. The fourth-order valence-corrected chi connectivity index (χ4v) is 4.22. The molecular weight excluding hydrogens is 340 g/mol. The molecule has 1 heterocycles. The molecule has 1 aliphatic rings. The summed E-state index contributed by atoms with van der Waals surface area (Å²) in [6.45, 7) is 0.125. The van der Waals surface area contributed by atoms with Gasteiger partial charge in [-0.25, -0.2) is 22.0 Å². The second-order valence-corrected chi connectivity index (χ2v) is 7.13. The average Bonchev–Trinajstić information content (AvgIpc) is 2.96. The summed E-state index contributed by atoms with van der Waals surface area (Å²) in [7, 11) is -2.84. The number of sulfonamides is 1. The van der Waals surface area contributed by atoms with Crippen molar-refractivity contribution in [2.24, 2.45) is 0 Å². The molecule has 5 nitrogen and oxygen atoms in total. The quantitative estimate of drug-likeness (QED) is 0.796. The van der Waals surface area contributed by atoms with Crippen LogP contribution in [0.1, 0.15) is 15.9 Å². The van der Waals surface area contributed by atoms with Crippen molar-refractivity contribution in [1.29, 1.82) is 0 Å². The summed E-state index contributed by atoms with van der Waals surface area (Å²) in [5, 5.41) is 0. The number of esters is 1. The first-order valence-electron chi connectivity index (χ1n) is 7.03. The summed E-state index contributed by atoms with van der Waals surface area (Å²) >= 11 is 0. The lowest BCUT2D eigenvalue weighted by atomic mass is 10.1. The Labute approximate surface area is 137 Å². The van der Waals surface area contributed by atoms with E-state index in [-0.39, 0.29) is 6.54 Å². The van der Waals surface area contributed by atoms with Gasteiger partial charge in [0.05, 0.1) is 23.3 Å². The maximum absolute atomic E-state index is 13.3. The number of benzene rings is 2. The van der Waals surface area contributed by atoms with E-state index in [0.29, 0.717) is 29.3 Å². The molecule has 0 aromatic heterocycles. The number of carbonyl (C=O) groups excluding carboxylic acids is 1. The minimum absolute atomic E-state index is 0.125. The number of carbonyl (C=O) groups is 1. The van der Waals surface area contributed by atoms with Gasteiger partial charge >= 0.3 is 5.97 Å². The predicted octanol–water partition coefficient (Wildman–Crippen LogP) is 2.50. The van der Waals surface area contributed by atoms with E-state index in [1.807, 2.05) is 0 Å². The number of ether oxygens (including phenoxy) is 1. The van der Waals surface area contributed by atoms with Crippen molar-refractivity contribution in [3.63, 3.8) is 0 Å². The number of hydrogen-bond acceptors (Lipinski definition) is 4. The minimum atomic E-state index is -4.10. The largest absolute Gasteiger partial charge is 0.465 e. The van der Waals surface area contributed by atoms with Gasteiger partial charge in [-0.15, -0.1) is 0 Å². The summed E-state index contributed by atoms with van der Waals surface area (Å²) in [4.78, 5) is 11.1. The molecule has 3 rings (SSSR count). The smallest absolute Gasteiger partial charge is 0.337 e. The lowest BCUT2D eigenvalue weighted by Crippen LogP contribution is -2.29. The minimum Gasteiger partial charge on any atom is -0.465 e. The maximum atomic E-state index is 13.3. The maximum Gasteiger partial charge on any atom is 0.337 e. The fourth-order valence-electron chi connectivity index (χ4n) is 2.67. The molecule has 0 aliphatic carbocycles. The Hall–Kier alpha value is -2.48. The van der Waals surface area contributed by atoms with E-state index in [9.17, 15) is 22.0 Å². The summed E-state index contributed by atoms with van der Waals surface area (Å²) < 4.78 is 57.8. The average molecular weight is 353 g/mol. The van der Waals surface area contributed by atoms with Gasteiger partial charge in [-0.1, -0.05) is 0 Å². The van der Waals surface area contributed by atoms with Crippen molar-refractivity contribution < 1.29 is 26.7 Å². The molecule has 0 N–H and O–H groups in total. The predicted molar refractivity (Wildman–Crippen MR) is 82.4 cm³/mol. The topological polar surface area (TPSA) is 63.7 Å². The van der Waals surface area contributed by atoms with Crippen LogP contribution in [0.3, 0.4) is 0 Å². The van der Waals surface area contributed by atoms with Gasteiger partial charge in [0.2, 0.25) is 0 Å². The molecule has 2 aromatic rings. The molecule has 2 aromatic carbocycles. The molecule has 0 bridgehead atoms. The number of rotatable bonds is 3. The van der Waals surface area contributed by atoms with Crippen LogP contribution in [0.5, 0.6) is 0 Å². The van der Waals surface area contributed by atoms with Gasteiger partial charge in [0.1, 0.15) is 11.6 Å². The molecule has 0 radical (unpaired) electrons. The molecule has 8 heteroatoms. The molecule has 0 atom stereocenters. The van der Waals surface area contributed by atoms with E-state index in [1.165, 1.54) is 19.2 Å². The highest BCUT2D eigenvalue weighted by Gasteiger charge is 2.32. The molecule has 1 aliphatic heterocycles. The van der Waals surface area contributed by atoms with Gasteiger partial charge in [0, 0.05) is 12.6 Å². The second-order valence-electron chi connectivity index (χ2n) is 5.27. The molecule has 0 saturated carbocycles. The number of hydrogen-bond donors (Lipinski definition) is 0. The van der Waals surface area contributed by atoms with E-state index < -0.39 is 32.5 Å². The van der Waals surface area contributed by atoms with Crippen molar-refractivity contribution in [3.05, 3.63) is 59.2 Å². The van der Waals surface area contributed by atoms with Crippen LogP contribution in [0.2, 0.25) is 0 Å². The monoisotopic (exact) mass is 353 g/mol. The van der Waals surface area contributed by atoms with Crippen LogP contribution < -0.4 is 4.31 Å².